The third-order valence-corrected chi connectivity index (χ3v) is 2.64. The van der Waals surface area contributed by atoms with Crippen LogP contribution in [0.1, 0.15) is 6.92 Å². The molecular weight excluding hydrogens is 208 g/mol. The van der Waals surface area contributed by atoms with Gasteiger partial charge < -0.3 is 10.2 Å². The van der Waals surface area contributed by atoms with E-state index < -0.39 is 4.92 Å². The van der Waals surface area contributed by atoms with Crippen molar-refractivity contribution in [1.29, 1.82) is 0 Å². The largest absolute Gasteiger partial charge is 0.354 e. The van der Waals surface area contributed by atoms with Gasteiger partial charge >= 0.3 is 0 Å². The van der Waals surface area contributed by atoms with E-state index in [0.717, 1.165) is 25.5 Å². The van der Waals surface area contributed by atoms with E-state index in [1.807, 2.05) is 0 Å². The van der Waals surface area contributed by atoms with Crippen molar-refractivity contribution in [3.05, 3.63) is 28.4 Å². The van der Waals surface area contributed by atoms with Gasteiger partial charge in [-0.25, -0.2) is 4.98 Å². The van der Waals surface area contributed by atoms with Crippen molar-refractivity contribution < 1.29 is 4.92 Å². The molecule has 0 spiro atoms. The highest BCUT2D eigenvalue weighted by molar-refractivity contribution is 5.43. The fraction of sp³-hybridized carbons (Fsp3) is 0.500. The molecule has 6 heteroatoms. The fourth-order valence-electron chi connectivity index (χ4n) is 1.81. The van der Waals surface area contributed by atoms with Crippen LogP contribution >= 0.6 is 0 Å². The number of nitrogens with zero attached hydrogens (tertiary/aromatic N) is 3. The lowest BCUT2D eigenvalue weighted by Crippen LogP contribution is -2.49. The van der Waals surface area contributed by atoms with Gasteiger partial charge in [0.2, 0.25) is 0 Å². The first-order chi connectivity index (χ1) is 7.66. The smallest absolute Gasteiger partial charge is 0.287 e. The van der Waals surface area contributed by atoms with E-state index in [9.17, 15) is 10.1 Å². The molecule has 16 heavy (non-hydrogen) atoms. The molecule has 1 atom stereocenters. The first kappa shape index (κ1) is 10.8. The zero-order chi connectivity index (χ0) is 11.5. The van der Waals surface area contributed by atoms with Crippen molar-refractivity contribution in [2.24, 2.45) is 0 Å². The summed E-state index contributed by atoms with van der Waals surface area (Å²) in [7, 11) is 0. The molecule has 6 nitrogen and oxygen atoms in total. The van der Waals surface area contributed by atoms with E-state index in [1.165, 1.54) is 12.3 Å². The Bertz CT molecular complexity index is 379. The zero-order valence-corrected chi connectivity index (χ0v) is 9.09. The molecule has 1 unspecified atom stereocenters. The standard InChI is InChI=1S/C10H14N4O2/c1-8-7-13(5-4-11-8)10-3-2-9(6-12-10)14(15)16/h2-3,6,8,11H,4-5,7H2,1H3. The lowest BCUT2D eigenvalue weighted by atomic mass is 10.2. The first-order valence-corrected chi connectivity index (χ1v) is 5.25. The minimum atomic E-state index is -0.433. The lowest BCUT2D eigenvalue weighted by Gasteiger charge is -2.32. The van der Waals surface area contributed by atoms with Crippen molar-refractivity contribution in [1.82, 2.24) is 10.3 Å². The Labute approximate surface area is 93.4 Å². The minimum Gasteiger partial charge on any atom is -0.354 e. The van der Waals surface area contributed by atoms with Gasteiger partial charge in [0.05, 0.1) is 4.92 Å². The second-order valence-corrected chi connectivity index (χ2v) is 3.93. The molecule has 0 aliphatic carbocycles. The molecule has 0 aromatic carbocycles. The molecule has 1 aromatic heterocycles. The van der Waals surface area contributed by atoms with Crippen LogP contribution in [0.5, 0.6) is 0 Å². The summed E-state index contributed by atoms with van der Waals surface area (Å²) in [6, 6.07) is 3.62. The lowest BCUT2D eigenvalue weighted by molar-refractivity contribution is -0.385. The fourth-order valence-corrected chi connectivity index (χ4v) is 1.81. The number of nitrogens with one attached hydrogen (secondary N) is 1. The van der Waals surface area contributed by atoms with Gasteiger partial charge in [-0.3, -0.25) is 10.1 Å². The van der Waals surface area contributed by atoms with Crippen LogP contribution in [0.3, 0.4) is 0 Å². The molecule has 1 aromatic rings. The van der Waals surface area contributed by atoms with Crippen molar-refractivity contribution in [3.8, 4) is 0 Å². The summed E-state index contributed by atoms with van der Waals surface area (Å²) in [5.74, 6) is 0.805. The Morgan fingerprint density at radius 2 is 2.44 bits per heavy atom. The van der Waals surface area contributed by atoms with Crippen LogP contribution < -0.4 is 10.2 Å². The summed E-state index contributed by atoms with van der Waals surface area (Å²) < 4.78 is 0. The van der Waals surface area contributed by atoms with E-state index in [1.54, 1.807) is 6.07 Å². The highest BCUT2D eigenvalue weighted by Gasteiger charge is 2.17. The maximum absolute atomic E-state index is 10.5. The molecule has 1 saturated heterocycles. The normalized spacial score (nSPS) is 20.8. The molecule has 1 aliphatic rings. The molecule has 0 saturated carbocycles. The summed E-state index contributed by atoms with van der Waals surface area (Å²) in [6.07, 6.45) is 1.31. The molecular formula is C10H14N4O2. The maximum atomic E-state index is 10.5. The Kier molecular flexibility index (Phi) is 3.00. The van der Waals surface area contributed by atoms with Crippen LogP contribution in [-0.4, -0.2) is 35.6 Å². The number of rotatable bonds is 2. The molecule has 0 bridgehead atoms. The number of pyridine rings is 1. The zero-order valence-electron chi connectivity index (χ0n) is 9.09. The predicted octanol–water partition coefficient (Wildman–Crippen LogP) is 0.788. The number of anilines is 1. The van der Waals surface area contributed by atoms with Crippen LogP contribution in [0.4, 0.5) is 11.5 Å². The van der Waals surface area contributed by atoms with Crippen LogP contribution in [0.2, 0.25) is 0 Å². The molecule has 1 fully saturated rings. The molecule has 1 N–H and O–H groups in total. The van der Waals surface area contributed by atoms with Crippen LogP contribution in [0, 0.1) is 10.1 Å². The average molecular weight is 222 g/mol. The van der Waals surface area contributed by atoms with E-state index >= 15 is 0 Å². The Balaban J connectivity index is 2.11. The number of piperazine rings is 1. The second-order valence-electron chi connectivity index (χ2n) is 3.93. The van der Waals surface area contributed by atoms with Crippen LogP contribution in [0.15, 0.2) is 18.3 Å². The van der Waals surface area contributed by atoms with Gasteiger partial charge in [-0.2, -0.15) is 0 Å². The Hall–Kier alpha value is -1.69. The molecule has 1 aliphatic heterocycles. The quantitative estimate of drug-likeness (QED) is 0.591. The SMILES string of the molecule is CC1CN(c2ccc([N+](=O)[O-])cn2)CCN1. The van der Waals surface area contributed by atoms with Crippen molar-refractivity contribution in [3.63, 3.8) is 0 Å². The van der Waals surface area contributed by atoms with Crippen LogP contribution in [0.25, 0.3) is 0 Å². The highest BCUT2D eigenvalue weighted by atomic mass is 16.6. The molecule has 0 radical (unpaired) electrons. The van der Waals surface area contributed by atoms with E-state index in [4.69, 9.17) is 0 Å². The van der Waals surface area contributed by atoms with Crippen LogP contribution in [-0.2, 0) is 0 Å². The number of aromatic nitrogens is 1. The predicted molar refractivity (Wildman–Crippen MR) is 60.6 cm³/mol. The maximum Gasteiger partial charge on any atom is 0.287 e. The van der Waals surface area contributed by atoms with E-state index in [2.05, 4.69) is 22.1 Å². The Morgan fingerprint density at radius 3 is 3.00 bits per heavy atom. The van der Waals surface area contributed by atoms with Gasteiger partial charge in [0.15, 0.2) is 0 Å². The number of hydrogen-bond donors (Lipinski definition) is 1. The van der Waals surface area contributed by atoms with Gasteiger partial charge in [-0.1, -0.05) is 0 Å². The van der Waals surface area contributed by atoms with Crippen molar-refractivity contribution in [2.75, 3.05) is 24.5 Å². The van der Waals surface area contributed by atoms with Gasteiger partial charge in [0, 0.05) is 31.7 Å². The van der Waals surface area contributed by atoms with Crippen molar-refractivity contribution >= 4 is 11.5 Å². The van der Waals surface area contributed by atoms with Gasteiger partial charge in [0.1, 0.15) is 12.0 Å². The summed E-state index contributed by atoms with van der Waals surface area (Å²) in [6.45, 7) is 4.79. The second kappa shape index (κ2) is 4.44. The summed E-state index contributed by atoms with van der Waals surface area (Å²) in [4.78, 5) is 16.3. The Morgan fingerprint density at radius 1 is 1.62 bits per heavy atom. The van der Waals surface area contributed by atoms with E-state index in [-0.39, 0.29) is 5.69 Å². The topological polar surface area (TPSA) is 71.3 Å². The minimum absolute atomic E-state index is 0.0342. The molecule has 2 heterocycles. The molecule has 86 valence electrons. The number of nitro groups is 1. The number of hydrogen-bond acceptors (Lipinski definition) is 5. The van der Waals surface area contributed by atoms with Gasteiger partial charge in [-0.15, -0.1) is 0 Å². The molecule has 2 rings (SSSR count). The van der Waals surface area contributed by atoms with E-state index in [0.29, 0.717) is 6.04 Å². The molecule has 0 amide bonds. The van der Waals surface area contributed by atoms with Gasteiger partial charge in [0.25, 0.3) is 5.69 Å². The van der Waals surface area contributed by atoms with Gasteiger partial charge in [-0.05, 0) is 13.0 Å². The summed E-state index contributed by atoms with van der Waals surface area (Å²) in [5, 5.41) is 13.8. The highest BCUT2D eigenvalue weighted by Crippen LogP contribution is 2.16. The average Bonchev–Trinajstić information content (AvgIpc) is 2.29. The summed E-state index contributed by atoms with van der Waals surface area (Å²) >= 11 is 0. The monoisotopic (exact) mass is 222 g/mol. The third-order valence-electron chi connectivity index (χ3n) is 2.64. The third kappa shape index (κ3) is 2.27. The first-order valence-electron chi connectivity index (χ1n) is 5.25. The van der Waals surface area contributed by atoms with Crippen molar-refractivity contribution in [2.45, 2.75) is 13.0 Å². The summed E-state index contributed by atoms with van der Waals surface area (Å²) in [5.41, 5.74) is 0.0342.